The second-order valence-electron chi connectivity index (χ2n) is 7.03. The fourth-order valence-electron chi connectivity index (χ4n) is 3.67. The zero-order valence-corrected chi connectivity index (χ0v) is 14.5. The third kappa shape index (κ3) is 4.25. The van der Waals surface area contributed by atoms with Crippen molar-refractivity contribution >= 4 is 0 Å². The van der Waals surface area contributed by atoms with Crippen molar-refractivity contribution in [2.75, 3.05) is 0 Å². The van der Waals surface area contributed by atoms with Gasteiger partial charge in [0.1, 0.15) is 6.10 Å². The molecule has 1 aliphatic rings. The van der Waals surface area contributed by atoms with E-state index in [1.54, 1.807) is 12.1 Å². The third-order valence-electron chi connectivity index (χ3n) is 5.31. The molecule has 0 radical (unpaired) electrons. The van der Waals surface area contributed by atoms with Crippen LogP contribution in [0.1, 0.15) is 68.6 Å². The topological polar surface area (TPSA) is 20.2 Å². The van der Waals surface area contributed by atoms with Crippen LogP contribution in [-0.4, -0.2) is 17.0 Å². The molecule has 2 rings (SSSR count). The van der Waals surface area contributed by atoms with Crippen molar-refractivity contribution in [3.63, 3.8) is 0 Å². The molecule has 1 N–H and O–H groups in total. The van der Waals surface area contributed by atoms with Crippen LogP contribution in [0.3, 0.4) is 0 Å². The lowest BCUT2D eigenvalue weighted by Crippen LogP contribution is -2.43. The van der Waals surface area contributed by atoms with E-state index >= 15 is 0 Å². The van der Waals surface area contributed by atoms with Gasteiger partial charge in [0.25, 0.3) is 0 Å². The van der Waals surface area contributed by atoms with E-state index in [0.717, 1.165) is 37.2 Å². The number of alkyl halides is 4. The first kappa shape index (κ1) is 20.0. The van der Waals surface area contributed by atoms with E-state index in [1.165, 1.54) is 25.0 Å². The first-order chi connectivity index (χ1) is 11.7. The highest BCUT2D eigenvalue weighted by molar-refractivity contribution is 5.29. The first-order valence-electron chi connectivity index (χ1n) is 8.90. The monoisotopic (exact) mass is 358 g/mol. The molecule has 1 atom stereocenters. The zero-order chi connectivity index (χ0) is 18.7. The number of benzene rings is 1. The number of rotatable bonds is 7. The highest BCUT2D eigenvalue weighted by Crippen LogP contribution is 2.44. The van der Waals surface area contributed by atoms with Gasteiger partial charge in [-0.2, -0.15) is 17.6 Å². The van der Waals surface area contributed by atoms with Gasteiger partial charge in [0.05, 0.1) is 0 Å². The smallest absolute Gasteiger partial charge is 0.343 e. The van der Waals surface area contributed by atoms with E-state index in [0.29, 0.717) is 5.92 Å². The van der Waals surface area contributed by atoms with Crippen molar-refractivity contribution in [3.8, 4) is 0 Å². The molecule has 0 spiro atoms. The molecule has 1 aliphatic carbocycles. The molecule has 0 aliphatic heterocycles. The Balaban J connectivity index is 2.06. The van der Waals surface area contributed by atoms with Gasteiger partial charge >= 0.3 is 11.8 Å². The maximum absolute atomic E-state index is 13.8. The minimum Gasteiger partial charge on any atom is -0.382 e. The largest absolute Gasteiger partial charge is 0.382 e. The minimum atomic E-state index is -4.60. The van der Waals surface area contributed by atoms with Gasteiger partial charge in [0, 0.05) is 0 Å². The van der Waals surface area contributed by atoms with E-state index in [9.17, 15) is 22.7 Å². The lowest BCUT2D eigenvalue weighted by Gasteiger charge is -2.30. The molecule has 0 amide bonds. The summed E-state index contributed by atoms with van der Waals surface area (Å²) < 4.78 is 54.2. The van der Waals surface area contributed by atoms with Gasteiger partial charge in [0.2, 0.25) is 0 Å². The Kier molecular flexibility index (Phi) is 6.30. The van der Waals surface area contributed by atoms with E-state index in [4.69, 9.17) is 0 Å². The summed E-state index contributed by atoms with van der Waals surface area (Å²) in [5, 5.41) is 9.73. The standard InChI is InChI=1S/C20H26F4O/c1-3-5-14-6-8-15(9-7-14)16-10-12-17(13-11-16)18(25)20(23,24)19(21,22)4-2/h4,10-15,18,25H,2-3,5-9H2,1H3. The normalized spacial score (nSPS) is 23.3. The maximum atomic E-state index is 13.8. The minimum absolute atomic E-state index is 0.126. The fraction of sp³-hybridized carbons (Fsp3) is 0.600. The van der Waals surface area contributed by atoms with Crippen LogP contribution in [-0.2, 0) is 0 Å². The Labute approximate surface area is 146 Å². The van der Waals surface area contributed by atoms with Crippen LogP contribution in [0.2, 0.25) is 0 Å². The summed E-state index contributed by atoms with van der Waals surface area (Å²) in [5.74, 6) is -7.94. The molecule has 1 saturated carbocycles. The molecule has 140 valence electrons. The van der Waals surface area contributed by atoms with Gasteiger partial charge in [-0.3, -0.25) is 0 Å². The predicted octanol–water partition coefficient (Wildman–Crippen LogP) is 6.25. The molecular weight excluding hydrogens is 332 g/mol. The molecular formula is C20H26F4O. The highest BCUT2D eigenvalue weighted by atomic mass is 19.3. The molecule has 0 saturated heterocycles. The molecule has 1 aromatic carbocycles. The summed E-state index contributed by atoms with van der Waals surface area (Å²) in [6, 6.07) is 5.99. The Bertz CT molecular complexity index is 560. The van der Waals surface area contributed by atoms with Crippen LogP contribution in [0.15, 0.2) is 36.9 Å². The number of aliphatic hydroxyl groups excluding tert-OH is 1. The van der Waals surface area contributed by atoms with Crippen LogP contribution >= 0.6 is 0 Å². The molecule has 1 aromatic rings. The van der Waals surface area contributed by atoms with Crippen molar-refractivity contribution in [2.45, 2.75) is 69.3 Å². The third-order valence-corrected chi connectivity index (χ3v) is 5.31. The molecule has 5 heteroatoms. The molecule has 1 nitrogen and oxygen atoms in total. The maximum Gasteiger partial charge on any atom is 0.343 e. The summed E-state index contributed by atoms with van der Waals surface area (Å²) in [4.78, 5) is 0. The summed E-state index contributed by atoms with van der Waals surface area (Å²) in [7, 11) is 0. The molecule has 1 fully saturated rings. The predicted molar refractivity (Wildman–Crippen MR) is 91.1 cm³/mol. The molecule has 0 heterocycles. The van der Waals surface area contributed by atoms with Crippen LogP contribution in [0, 0.1) is 5.92 Å². The first-order valence-corrected chi connectivity index (χ1v) is 8.90. The molecule has 25 heavy (non-hydrogen) atoms. The SMILES string of the molecule is C=CC(F)(F)C(F)(F)C(O)c1ccc(C2CCC(CCC)CC2)cc1. The second-order valence-corrected chi connectivity index (χ2v) is 7.03. The average Bonchev–Trinajstić information content (AvgIpc) is 2.62. The number of hydrogen-bond donors (Lipinski definition) is 1. The number of hydrogen-bond acceptors (Lipinski definition) is 1. The van der Waals surface area contributed by atoms with Gasteiger partial charge in [0.15, 0.2) is 0 Å². The van der Waals surface area contributed by atoms with Gasteiger partial charge < -0.3 is 5.11 Å². The van der Waals surface area contributed by atoms with Gasteiger partial charge in [-0.05, 0) is 54.7 Å². The Morgan fingerprint density at radius 1 is 1.12 bits per heavy atom. The van der Waals surface area contributed by atoms with Gasteiger partial charge in [-0.25, -0.2) is 0 Å². The Morgan fingerprint density at radius 2 is 1.68 bits per heavy atom. The lowest BCUT2D eigenvalue weighted by atomic mass is 9.77. The second kappa shape index (κ2) is 7.90. The average molecular weight is 358 g/mol. The number of aliphatic hydroxyl groups is 1. The van der Waals surface area contributed by atoms with Crippen LogP contribution in [0.4, 0.5) is 17.6 Å². The van der Waals surface area contributed by atoms with Crippen LogP contribution in [0.25, 0.3) is 0 Å². The molecule has 0 aromatic heterocycles. The van der Waals surface area contributed by atoms with Crippen molar-refractivity contribution in [2.24, 2.45) is 5.92 Å². The van der Waals surface area contributed by atoms with E-state index in [-0.39, 0.29) is 11.6 Å². The molecule has 1 unspecified atom stereocenters. The van der Waals surface area contributed by atoms with E-state index < -0.39 is 17.9 Å². The number of allylic oxidation sites excluding steroid dienone is 1. The Morgan fingerprint density at radius 3 is 2.16 bits per heavy atom. The number of halogens is 4. The van der Waals surface area contributed by atoms with Crippen molar-refractivity contribution in [1.29, 1.82) is 0 Å². The molecule has 0 bridgehead atoms. The van der Waals surface area contributed by atoms with Crippen molar-refractivity contribution in [1.82, 2.24) is 0 Å². The quantitative estimate of drug-likeness (QED) is 0.451. The summed E-state index contributed by atoms with van der Waals surface area (Å²) in [6.07, 6.45) is 4.15. The highest BCUT2D eigenvalue weighted by Gasteiger charge is 2.59. The Hall–Kier alpha value is -1.36. The summed E-state index contributed by atoms with van der Waals surface area (Å²) in [5.41, 5.74) is 0.805. The van der Waals surface area contributed by atoms with Crippen molar-refractivity contribution in [3.05, 3.63) is 48.0 Å². The van der Waals surface area contributed by atoms with E-state index in [2.05, 4.69) is 13.5 Å². The van der Waals surface area contributed by atoms with E-state index in [1.807, 2.05) is 0 Å². The summed E-state index contributed by atoms with van der Waals surface area (Å²) >= 11 is 0. The van der Waals surface area contributed by atoms with Crippen molar-refractivity contribution < 1.29 is 22.7 Å². The summed E-state index contributed by atoms with van der Waals surface area (Å²) in [6.45, 7) is 4.91. The lowest BCUT2D eigenvalue weighted by molar-refractivity contribution is -0.232. The van der Waals surface area contributed by atoms with Crippen LogP contribution < -0.4 is 0 Å². The van der Waals surface area contributed by atoms with Gasteiger partial charge in [-0.15, -0.1) is 0 Å². The fourth-order valence-corrected chi connectivity index (χ4v) is 3.67. The zero-order valence-electron chi connectivity index (χ0n) is 14.5. The van der Waals surface area contributed by atoms with Gasteiger partial charge in [-0.1, -0.05) is 50.6 Å². The van der Waals surface area contributed by atoms with Crippen LogP contribution in [0.5, 0.6) is 0 Å².